The molecule has 31 heavy (non-hydrogen) atoms. The number of carbonyl (C=O) groups is 1. The van der Waals surface area contributed by atoms with E-state index in [1.165, 1.54) is 36.6 Å². The quantitative estimate of drug-likeness (QED) is 0.641. The molecule has 2 aromatic carbocycles. The van der Waals surface area contributed by atoms with Gasteiger partial charge < -0.3 is 10.2 Å². The number of carbonyl (C=O) groups excluding carboxylic acids is 1. The normalized spacial score (nSPS) is 16.2. The monoisotopic (exact) mass is 418 g/mol. The molecule has 162 valence electrons. The maximum atomic E-state index is 12.8. The van der Waals surface area contributed by atoms with Crippen LogP contribution >= 0.6 is 0 Å². The van der Waals surface area contributed by atoms with E-state index in [4.69, 9.17) is 0 Å². The molecule has 1 aliphatic carbocycles. The summed E-state index contributed by atoms with van der Waals surface area (Å²) in [6.45, 7) is 0.647. The highest BCUT2D eigenvalue weighted by molar-refractivity contribution is 5.94. The highest BCUT2D eigenvalue weighted by Gasteiger charge is 2.33. The van der Waals surface area contributed by atoms with Crippen LogP contribution in [0.25, 0.3) is 16.6 Å². The summed E-state index contributed by atoms with van der Waals surface area (Å²) >= 11 is 0. The Bertz CT molecular complexity index is 1110. The zero-order valence-corrected chi connectivity index (χ0v) is 18.3. The molecule has 1 amide bonds. The minimum Gasteiger partial charge on any atom is -0.350 e. The van der Waals surface area contributed by atoms with E-state index in [1.807, 2.05) is 18.2 Å². The van der Waals surface area contributed by atoms with E-state index in [0.29, 0.717) is 28.7 Å². The van der Waals surface area contributed by atoms with E-state index >= 15 is 0 Å². The molecular weight excluding hydrogens is 388 g/mol. The summed E-state index contributed by atoms with van der Waals surface area (Å²) in [6.07, 6.45) is 8.71. The van der Waals surface area contributed by atoms with Crippen LogP contribution in [-0.4, -0.2) is 46.5 Å². The van der Waals surface area contributed by atoms with Gasteiger partial charge >= 0.3 is 0 Å². The summed E-state index contributed by atoms with van der Waals surface area (Å²) in [5, 5.41) is 3.73. The van der Waals surface area contributed by atoms with E-state index < -0.39 is 0 Å². The van der Waals surface area contributed by atoms with Gasteiger partial charge in [-0.1, -0.05) is 37.8 Å². The second kappa shape index (κ2) is 9.02. The molecule has 0 atom stereocenters. The van der Waals surface area contributed by atoms with Gasteiger partial charge in [0.1, 0.15) is 6.33 Å². The third-order valence-electron chi connectivity index (χ3n) is 6.63. The Balaban J connectivity index is 1.50. The smallest absolute Gasteiger partial charge is 0.265 e. The minimum absolute atomic E-state index is 0.0240. The molecular formula is C25H30N4O2. The summed E-state index contributed by atoms with van der Waals surface area (Å²) in [5.41, 5.74) is 1.86. The molecule has 1 fully saturated rings. The van der Waals surface area contributed by atoms with Crippen LogP contribution in [0, 0.1) is 0 Å². The van der Waals surface area contributed by atoms with Gasteiger partial charge in [0.05, 0.1) is 16.6 Å². The molecule has 0 unspecified atom stereocenters. The molecule has 0 bridgehead atoms. The highest BCUT2D eigenvalue weighted by Crippen LogP contribution is 2.30. The fraction of sp³-hybridized carbons (Fsp3) is 0.400. The van der Waals surface area contributed by atoms with E-state index in [2.05, 4.69) is 29.3 Å². The number of para-hydroxylation sites is 1. The zero-order valence-electron chi connectivity index (χ0n) is 18.3. The van der Waals surface area contributed by atoms with E-state index in [1.54, 1.807) is 30.3 Å². The van der Waals surface area contributed by atoms with Gasteiger partial charge in [-0.25, -0.2) is 4.98 Å². The number of fused-ring (bicyclic) bond motifs is 1. The number of likely N-dealkylation sites (N-methyl/N-ethyl adjacent to an activating group) is 1. The number of hydrogen-bond acceptors (Lipinski definition) is 4. The molecule has 1 saturated carbocycles. The third kappa shape index (κ3) is 4.39. The van der Waals surface area contributed by atoms with Gasteiger partial charge in [-0.15, -0.1) is 0 Å². The van der Waals surface area contributed by atoms with Gasteiger partial charge in [0, 0.05) is 17.6 Å². The van der Waals surface area contributed by atoms with Gasteiger partial charge in [-0.2, -0.15) is 0 Å². The second-order valence-electron chi connectivity index (χ2n) is 8.70. The van der Waals surface area contributed by atoms with Crippen LogP contribution < -0.4 is 10.9 Å². The summed E-state index contributed by atoms with van der Waals surface area (Å²) in [7, 11) is 4.23. The molecule has 4 rings (SSSR count). The molecule has 1 N–H and O–H groups in total. The summed E-state index contributed by atoms with van der Waals surface area (Å²) in [6, 6.07) is 14.4. The number of nitrogens with one attached hydrogen (secondary N) is 1. The number of rotatable bonds is 5. The van der Waals surface area contributed by atoms with Gasteiger partial charge in [0.2, 0.25) is 0 Å². The highest BCUT2D eigenvalue weighted by atomic mass is 16.1. The molecule has 3 aromatic rings. The molecule has 6 heteroatoms. The number of amides is 1. The number of benzene rings is 2. The van der Waals surface area contributed by atoms with E-state index in [9.17, 15) is 9.59 Å². The van der Waals surface area contributed by atoms with Gasteiger partial charge in [-0.3, -0.25) is 14.2 Å². The van der Waals surface area contributed by atoms with Crippen molar-refractivity contribution in [3.05, 3.63) is 70.8 Å². The molecule has 0 saturated heterocycles. The van der Waals surface area contributed by atoms with Gasteiger partial charge in [-0.05, 0) is 63.3 Å². The predicted octanol–water partition coefficient (Wildman–Crippen LogP) is 3.77. The average Bonchev–Trinajstić information content (AvgIpc) is 3.05. The Hall–Kier alpha value is -2.99. The van der Waals surface area contributed by atoms with Gasteiger partial charge in [0.25, 0.3) is 11.5 Å². The Labute approximate surface area is 182 Å². The van der Waals surface area contributed by atoms with Crippen molar-refractivity contribution in [3.63, 3.8) is 0 Å². The molecule has 6 nitrogen and oxygen atoms in total. The fourth-order valence-corrected chi connectivity index (χ4v) is 4.54. The lowest BCUT2D eigenvalue weighted by molar-refractivity contribution is 0.0869. The number of hydrogen-bond donors (Lipinski definition) is 1. The molecule has 1 heterocycles. The Kier molecular flexibility index (Phi) is 6.18. The maximum absolute atomic E-state index is 12.8. The standard InChI is InChI=1S/C25H30N4O2/c1-28(2)25(15-7-3-4-8-16-25)17-26-23(30)19-11-13-20(14-12-19)29-18-27-22-10-6-5-9-21(22)24(29)31/h5-6,9-14,18H,3-4,7-8,15-17H2,1-2H3,(H,26,30). The topological polar surface area (TPSA) is 67.2 Å². The van der Waals surface area contributed by atoms with Crippen LogP contribution in [0.1, 0.15) is 48.9 Å². The lowest BCUT2D eigenvalue weighted by Crippen LogP contribution is -2.52. The first-order chi connectivity index (χ1) is 15.0. The van der Waals surface area contributed by atoms with Crippen molar-refractivity contribution in [2.75, 3.05) is 20.6 Å². The van der Waals surface area contributed by atoms with E-state index in [-0.39, 0.29) is 17.0 Å². The third-order valence-corrected chi connectivity index (χ3v) is 6.63. The summed E-state index contributed by atoms with van der Waals surface area (Å²) in [5.74, 6) is -0.0824. The molecule has 1 aromatic heterocycles. The predicted molar refractivity (Wildman–Crippen MR) is 124 cm³/mol. The summed E-state index contributed by atoms with van der Waals surface area (Å²) < 4.78 is 1.51. The van der Waals surface area contributed by atoms with Crippen molar-refractivity contribution in [2.45, 2.75) is 44.1 Å². The van der Waals surface area contributed by atoms with Crippen LogP contribution in [0.5, 0.6) is 0 Å². The molecule has 1 aliphatic rings. The van der Waals surface area contributed by atoms with E-state index in [0.717, 1.165) is 12.8 Å². The van der Waals surface area contributed by atoms with Crippen molar-refractivity contribution < 1.29 is 4.79 Å². The summed E-state index contributed by atoms with van der Waals surface area (Å²) in [4.78, 5) is 32.3. The molecule has 0 spiro atoms. The molecule has 0 aliphatic heterocycles. The van der Waals surface area contributed by atoms with Crippen LogP contribution in [0.4, 0.5) is 0 Å². The fourth-order valence-electron chi connectivity index (χ4n) is 4.54. The van der Waals surface area contributed by atoms with Crippen molar-refractivity contribution in [1.29, 1.82) is 0 Å². The Morgan fingerprint density at radius 2 is 1.71 bits per heavy atom. The van der Waals surface area contributed by atoms with Gasteiger partial charge in [0.15, 0.2) is 0 Å². The Morgan fingerprint density at radius 1 is 1.03 bits per heavy atom. The maximum Gasteiger partial charge on any atom is 0.265 e. The lowest BCUT2D eigenvalue weighted by atomic mass is 9.88. The minimum atomic E-state index is -0.121. The van der Waals surface area contributed by atoms with Crippen LogP contribution in [0.2, 0.25) is 0 Å². The first-order valence-electron chi connectivity index (χ1n) is 11.0. The lowest BCUT2D eigenvalue weighted by Gasteiger charge is -2.39. The number of nitrogens with zero attached hydrogens (tertiary/aromatic N) is 3. The van der Waals surface area contributed by atoms with Crippen LogP contribution in [0.15, 0.2) is 59.7 Å². The van der Waals surface area contributed by atoms with Crippen molar-refractivity contribution >= 4 is 16.8 Å². The van der Waals surface area contributed by atoms with Crippen molar-refractivity contribution in [2.24, 2.45) is 0 Å². The van der Waals surface area contributed by atoms with Crippen molar-refractivity contribution in [3.8, 4) is 5.69 Å². The average molecular weight is 419 g/mol. The largest absolute Gasteiger partial charge is 0.350 e. The van der Waals surface area contributed by atoms with Crippen LogP contribution in [0.3, 0.4) is 0 Å². The number of aromatic nitrogens is 2. The first-order valence-corrected chi connectivity index (χ1v) is 11.0. The Morgan fingerprint density at radius 3 is 2.39 bits per heavy atom. The molecule has 0 radical (unpaired) electrons. The van der Waals surface area contributed by atoms with Crippen molar-refractivity contribution in [1.82, 2.24) is 19.8 Å². The first kappa shape index (κ1) is 21.2. The second-order valence-corrected chi connectivity index (χ2v) is 8.70. The zero-order chi connectivity index (χ0) is 21.8. The van der Waals surface area contributed by atoms with Crippen LogP contribution in [-0.2, 0) is 0 Å². The SMILES string of the molecule is CN(C)C1(CNC(=O)c2ccc(-n3cnc4ccccc4c3=O)cc2)CCCCCC1.